The number of hydrogen-bond acceptors (Lipinski definition) is 7. The van der Waals surface area contributed by atoms with Gasteiger partial charge >= 0.3 is 12.1 Å². The molecule has 1 atom stereocenters. The second-order valence-corrected chi connectivity index (χ2v) is 11.3. The molecule has 0 aliphatic carbocycles. The summed E-state index contributed by atoms with van der Waals surface area (Å²) < 4.78 is 57.3. The lowest BCUT2D eigenvalue weighted by Crippen LogP contribution is -2.53. The number of aromatic nitrogens is 1. The number of nitro benzene ring substituents is 1. The van der Waals surface area contributed by atoms with E-state index in [1.165, 1.54) is 25.4 Å². The Kier molecular flexibility index (Phi) is 10.1. The summed E-state index contributed by atoms with van der Waals surface area (Å²) in [7, 11) is 1.44. The van der Waals surface area contributed by atoms with E-state index in [1.807, 2.05) is 13.8 Å². The van der Waals surface area contributed by atoms with E-state index in [1.54, 1.807) is 27.7 Å². The predicted octanol–water partition coefficient (Wildman–Crippen LogP) is 5.91. The zero-order valence-electron chi connectivity index (χ0n) is 25.0. The highest BCUT2D eigenvalue weighted by atomic mass is 19.4. The van der Waals surface area contributed by atoms with Crippen LogP contribution in [0.1, 0.15) is 50.7 Å². The first-order chi connectivity index (χ1) is 20.8. The quantitative estimate of drug-likeness (QED) is 0.178. The van der Waals surface area contributed by atoms with Gasteiger partial charge < -0.3 is 24.3 Å². The molecule has 1 aliphatic heterocycles. The maximum Gasteiger partial charge on any atom is 0.422 e. The Morgan fingerprint density at radius 3 is 2.36 bits per heavy atom. The monoisotopic (exact) mass is 621 g/mol. The molecule has 2 heterocycles. The average Bonchev–Trinajstić information content (AvgIpc) is 3.34. The number of nitro groups is 1. The topological polar surface area (TPSA) is 127 Å². The Morgan fingerprint density at radius 1 is 1.11 bits per heavy atom. The number of hydrogen-bond donors (Lipinski definition) is 2. The molecule has 0 bridgehead atoms. The number of rotatable bonds is 13. The molecule has 1 unspecified atom stereocenters. The molecule has 44 heavy (non-hydrogen) atoms. The van der Waals surface area contributed by atoms with E-state index in [2.05, 4.69) is 0 Å². The third kappa shape index (κ3) is 7.10. The fourth-order valence-corrected chi connectivity index (χ4v) is 5.81. The van der Waals surface area contributed by atoms with Crippen LogP contribution in [0.15, 0.2) is 42.6 Å². The number of ether oxygens (including phenoxy) is 2. The fourth-order valence-electron chi connectivity index (χ4n) is 5.81. The molecule has 3 aromatic rings. The van der Waals surface area contributed by atoms with Gasteiger partial charge in [-0.15, -0.1) is 0 Å². The van der Waals surface area contributed by atoms with Crippen molar-refractivity contribution in [3.05, 3.63) is 63.8 Å². The fraction of sp³-hybridized carbons (Fsp3) is 0.516. The number of β-amino-alcohol motifs (C(OH)–C–C–N with tert-alkyl or cyclic N) is 1. The highest BCUT2D eigenvalue weighted by Gasteiger charge is 2.57. The van der Waals surface area contributed by atoms with Gasteiger partial charge in [0.2, 0.25) is 5.60 Å². The average molecular weight is 622 g/mol. The zero-order valence-corrected chi connectivity index (χ0v) is 25.0. The van der Waals surface area contributed by atoms with Gasteiger partial charge in [0.1, 0.15) is 6.10 Å². The largest absolute Gasteiger partial charge is 0.493 e. The number of carboxylic acid groups (broad SMARTS) is 1. The Morgan fingerprint density at radius 2 is 1.80 bits per heavy atom. The van der Waals surface area contributed by atoms with Gasteiger partial charge in [-0.25, -0.2) is 0 Å². The van der Waals surface area contributed by atoms with Crippen LogP contribution >= 0.6 is 0 Å². The summed E-state index contributed by atoms with van der Waals surface area (Å²) >= 11 is 0. The van der Waals surface area contributed by atoms with Gasteiger partial charge in [0.15, 0.2) is 11.5 Å². The van der Waals surface area contributed by atoms with Crippen molar-refractivity contribution in [3.8, 4) is 11.5 Å². The van der Waals surface area contributed by atoms with Gasteiger partial charge in [0.25, 0.3) is 5.69 Å². The SMILES string of the molecule is CCC(CC)Cn1cc(C(O)(CN2CCC(Oc3ccc(CC(=O)O)cc3OC)CC2)C(F)(F)F)c2ccc([N+](=O)[O-])cc21. The van der Waals surface area contributed by atoms with E-state index in [0.29, 0.717) is 36.4 Å². The number of halogens is 3. The van der Waals surface area contributed by atoms with Crippen molar-refractivity contribution in [3.63, 3.8) is 0 Å². The summed E-state index contributed by atoms with van der Waals surface area (Å²) in [6.07, 6.45) is -1.90. The van der Waals surface area contributed by atoms with Crippen LogP contribution in [0.3, 0.4) is 0 Å². The molecule has 0 saturated carbocycles. The summed E-state index contributed by atoms with van der Waals surface area (Å²) in [6, 6.07) is 8.54. The summed E-state index contributed by atoms with van der Waals surface area (Å²) in [5.41, 5.74) is -2.97. The number of piperidine rings is 1. The van der Waals surface area contributed by atoms with E-state index in [-0.39, 0.29) is 53.7 Å². The molecule has 240 valence electrons. The summed E-state index contributed by atoms with van der Waals surface area (Å²) in [5.74, 6) is -0.0690. The van der Waals surface area contributed by atoms with Crippen molar-refractivity contribution in [2.75, 3.05) is 26.7 Å². The second kappa shape index (κ2) is 13.4. The van der Waals surface area contributed by atoms with Crippen molar-refractivity contribution in [2.24, 2.45) is 5.92 Å². The van der Waals surface area contributed by atoms with Crippen LogP contribution in [0.5, 0.6) is 11.5 Å². The van der Waals surface area contributed by atoms with E-state index in [9.17, 15) is 33.2 Å². The lowest BCUT2D eigenvalue weighted by Gasteiger charge is -2.39. The molecular weight excluding hydrogens is 583 g/mol. The van der Waals surface area contributed by atoms with Crippen LogP contribution in [0.4, 0.5) is 18.9 Å². The Bertz CT molecular complexity index is 1480. The maximum absolute atomic E-state index is 14.8. The number of nitrogens with zero attached hydrogens (tertiary/aromatic N) is 3. The molecule has 1 aliphatic rings. The number of carbonyl (C=O) groups is 1. The van der Waals surface area contributed by atoms with Crippen LogP contribution in [-0.4, -0.2) is 69.6 Å². The second-order valence-electron chi connectivity index (χ2n) is 11.3. The summed E-state index contributed by atoms with van der Waals surface area (Å²) in [6.45, 7) is 4.06. The first-order valence-corrected chi connectivity index (χ1v) is 14.6. The van der Waals surface area contributed by atoms with Crippen molar-refractivity contribution in [1.29, 1.82) is 0 Å². The molecule has 2 N–H and O–H groups in total. The first-order valence-electron chi connectivity index (χ1n) is 14.6. The highest BCUT2D eigenvalue weighted by molar-refractivity contribution is 5.87. The zero-order chi connectivity index (χ0) is 32.2. The third-order valence-electron chi connectivity index (χ3n) is 8.46. The maximum atomic E-state index is 14.8. The molecule has 1 fully saturated rings. The van der Waals surface area contributed by atoms with E-state index < -0.39 is 29.2 Å². The molecule has 13 heteroatoms. The minimum absolute atomic E-state index is 0.123. The Labute approximate surface area is 253 Å². The van der Waals surface area contributed by atoms with Gasteiger partial charge in [-0.1, -0.05) is 32.8 Å². The minimum atomic E-state index is -5.03. The molecule has 0 radical (unpaired) electrons. The molecule has 4 rings (SSSR count). The van der Waals surface area contributed by atoms with Crippen LogP contribution in [0, 0.1) is 16.0 Å². The number of alkyl halides is 3. The normalized spacial score (nSPS) is 16.3. The number of carboxylic acids is 1. The number of fused-ring (bicyclic) bond motifs is 1. The predicted molar refractivity (Wildman–Crippen MR) is 157 cm³/mol. The summed E-state index contributed by atoms with van der Waals surface area (Å²) in [5, 5.41) is 32.1. The smallest absolute Gasteiger partial charge is 0.422 e. The van der Waals surface area contributed by atoms with Gasteiger partial charge in [0, 0.05) is 55.5 Å². The summed E-state index contributed by atoms with van der Waals surface area (Å²) in [4.78, 5) is 23.5. The number of methoxy groups -OCH3 is 1. The van der Waals surface area contributed by atoms with E-state index in [0.717, 1.165) is 18.9 Å². The number of aliphatic hydroxyl groups is 1. The molecular formula is C31H38F3N3O7. The van der Waals surface area contributed by atoms with Crippen LogP contribution in [0.2, 0.25) is 0 Å². The Balaban J connectivity index is 1.57. The molecule has 2 aromatic carbocycles. The van der Waals surface area contributed by atoms with Gasteiger partial charge in [-0.3, -0.25) is 19.8 Å². The third-order valence-corrected chi connectivity index (χ3v) is 8.46. The number of aliphatic carboxylic acids is 1. The number of non-ortho nitro benzene ring substituents is 1. The Hall–Kier alpha value is -3.84. The van der Waals surface area contributed by atoms with Crippen molar-refractivity contribution >= 4 is 22.6 Å². The van der Waals surface area contributed by atoms with E-state index in [4.69, 9.17) is 14.6 Å². The minimum Gasteiger partial charge on any atom is -0.493 e. The lowest BCUT2D eigenvalue weighted by molar-refractivity contribution is -0.384. The van der Waals surface area contributed by atoms with Gasteiger partial charge in [-0.05, 0) is 42.5 Å². The van der Waals surface area contributed by atoms with E-state index >= 15 is 0 Å². The standard InChI is InChI=1S/C31H38F3N3O7/c1-4-20(5-2)17-36-18-25(24-8-7-22(37(41)42)16-26(24)36)30(40,31(32,33)34)19-35-12-10-23(11-13-35)44-27-9-6-21(15-29(38)39)14-28(27)43-3/h6-9,14,16,18,20,23,40H,4-5,10-13,15,17,19H2,1-3H3,(H,38,39). The van der Waals surface area contributed by atoms with Crippen molar-refractivity contribution in [1.82, 2.24) is 9.47 Å². The molecule has 1 aromatic heterocycles. The molecule has 10 nitrogen and oxygen atoms in total. The number of likely N-dealkylation sites (tertiary alicyclic amines) is 1. The molecule has 0 amide bonds. The van der Waals surface area contributed by atoms with Gasteiger partial charge in [0.05, 0.1) is 24.0 Å². The molecule has 1 saturated heterocycles. The van der Waals surface area contributed by atoms with Crippen molar-refractivity contribution < 1.29 is 42.6 Å². The van der Waals surface area contributed by atoms with Crippen molar-refractivity contribution in [2.45, 2.75) is 70.4 Å². The lowest BCUT2D eigenvalue weighted by atomic mass is 9.91. The van der Waals surface area contributed by atoms with Crippen LogP contribution < -0.4 is 9.47 Å². The molecule has 0 spiro atoms. The van der Waals surface area contributed by atoms with Gasteiger partial charge in [-0.2, -0.15) is 13.2 Å². The first kappa shape index (κ1) is 33.1. The van der Waals surface area contributed by atoms with Crippen LogP contribution in [-0.2, 0) is 23.4 Å². The highest BCUT2D eigenvalue weighted by Crippen LogP contribution is 2.44. The number of benzene rings is 2. The van der Waals surface area contributed by atoms with Crippen LogP contribution in [0.25, 0.3) is 10.9 Å².